The Morgan fingerprint density at radius 1 is 1.17 bits per heavy atom. The van der Waals surface area contributed by atoms with E-state index in [9.17, 15) is 19.3 Å². The summed E-state index contributed by atoms with van der Waals surface area (Å²) in [6, 6.07) is 8.90. The average Bonchev–Trinajstić information content (AvgIpc) is 2.73. The predicted molar refractivity (Wildman–Crippen MR) is 105 cm³/mol. The molecule has 1 heterocycles. The first-order valence-corrected chi connectivity index (χ1v) is 9.15. The van der Waals surface area contributed by atoms with Crippen LogP contribution in [0.4, 0.5) is 15.8 Å². The van der Waals surface area contributed by atoms with Crippen molar-refractivity contribution in [3.05, 3.63) is 57.9 Å². The molecule has 3 rings (SSSR count). The highest BCUT2D eigenvalue weighted by Gasteiger charge is 2.27. The molecule has 2 aromatic rings. The number of nitro benzene ring substituents is 1. The number of anilines is 1. The first-order chi connectivity index (χ1) is 13.9. The molecule has 1 fully saturated rings. The van der Waals surface area contributed by atoms with Gasteiger partial charge in [0, 0.05) is 24.7 Å². The maximum absolute atomic E-state index is 13.8. The number of halogens is 1. The average molecular weight is 403 g/mol. The van der Waals surface area contributed by atoms with E-state index in [4.69, 9.17) is 9.47 Å². The fraction of sp³-hybridized carbons (Fsp3) is 0.350. The SMILES string of the molecule is COc1ccc(C(=O)N2CCC(Nc3cccc(F)c3[N+](=O)[O-])CC2)cc1OC. The number of benzene rings is 2. The van der Waals surface area contributed by atoms with E-state index in [1.807, 2.05) is 0 Å². The number of para-hydroxylation sites is 1. The number of methoxy groups -OCH3 is 2. The van der Waals surface area contributed by atoms with Crippen molar-refractivity contribution < 1.29 is 23.6 Å². The van der Waals surface area contributed by atoms with Gasteiger partial charge in [-0.05, 0) is 43.2 Å². The molecule has 0 unspecified atom stereocenters. The number of rotatable bonds is 6. The first kappa shape index (κ1) is 20.4. The second-order valence-corrected chi connectivity index (χ2v) is 6.67. The van der Waals surface area contributed by atoms with Gasteiger partial charge in [0.1, 0.15) is 5.69 Å². The number of carbonyl (C=O) groups is 1. The van der Waals surface area contributed by atoms with Gasteiger partial charge in [0.05, 0.1) is 19.1 Å². The van der Waals surface area contributed by atoms with Crippen molar-refractivity contribution in [2.45, 2.75) is 18.9 Å². The molecule has 0 saturated carbocycles. The predicted octanol–water partition coefficient (Wildman–Crippen LogP) is 3.47. The maximum atomic E-state index is 13.8. The van der Waals surface area contributed by atoms with Crippen LogP contribution < -0.4 is 14.8 Å². The van der Waals surface area contributed by atoms with Gasteiger partial charge < -0.3 is 19.7 Å². The van der Waals surface area contributed by atoms with E-state index in [0.717, 1.165) is 6.07 Å². The fourth-order valence-corrected chi connectivity index (χ4v) is 3.42. The van der Waals surface area contributed by atoms with Gasteiger partial charge in [-0.25, -0.2) is 0 Å². The van der Waals surface area contributed by atoms with Gasteiger partial charge in [-0.3, -0.25) is 14.9 Å². The highest BCUT2D eigenvalue weighted by atomic mass is 19.1. The molecule has 0 bridgehead atoms. The first-order valence-electron chi connectivity index (χ1n) is 9.15. The van der Waals surface area contributed by atoms with Gasteiger partial charge in [-0.15, -0.1) is 0 Å². The number of hydrogen-bond donors (Lipinski definition) is 1. The largest absolute Gasteiger partial charge is 0.493 e. The number of nitro groups is 1. The van der Waals surface area contributed by atoms with Gasteiger partial charge in [0.25, 0.3) is 5.91 Å². The standard InChI is InChI=1S/C20H22FN3O5/c1-28-17-7-6-13(12-18(17)29-2)20(25)23-10-8-14(9-11-23)22-16-5-3-4-15(21)19(16)24(26)27/h3-7,12,14,22H,8-11H2,1-2H3. The van der Waals surface area contributed by atoms with E-state index >= 15 is 0 Å². The number of nitrogens with zero attached hydrogens (tertiary/aromatic N) is 2. The van der Waals surface area contributed by atoms with E-state index in [2.05, 4.69) is 5.32 Å². The molecule has 1 aliphatic heterocycles. The molecule has 0 aliphatic carbocycles. The van der Waals surface area contributed by atoms with E-state index < -0.39 is 16.4 Å². The van der Waals surface area contributed by atoms with Crippen LogP contribution in [0.3, 0.4) is 0 Å². The summed E-state index contributed by atoms with van der Waals surface area (Å²) in [6.45, 7) is 0.960. The Hall–Kier alpha value is -3.36. The van der Waals surface area contributed by atoms with Crippen LogP contribution in [-0.4, -0.2) is 49.1 Å². The van der Waals surface area contributed by atoms with Crippen molar-refractivity contribution in [2.24, 2.45) is 0 Å². The second-order valence-electron chi connectivity index (χ2n) is 6.67. The normalized spacial score (nSPS) is 14.4. The lowest BCUT2D eigenvalue weighted by Gasteiger charge is -2.33. The number of hydrogen-bond acceptors (Lipinski definition) is 6. The van der Waals surface area contributed by atoms with Gasteiger partial charge in [0.15, 0.2) is 11.5 Å². The summed E-state index contributed by atoms with van der Waals surface area (Å²) in [5.74, 6) is 0.0270. The molecular formula is C20H22FN3O5. The third-order valence-electron chi connectivity index (χ3n) is 4.94. The van der Waals surface area contributed by atoms with E-state index in [0.29, 0.717) is 43.0 Å². The van der Waals surface area contributed by atoms with Crippen molar-refractivity contribution in [1.29, 1.82) is 0 Å². The summed E-state index contributed by atoms with van der Waals surface area (Å²) >= 11 is 0. The molecule has 2 aromatic carbocycles. The second kappa shape index (κ2) is 8.76. The van der Waals surface area contributed by atoms with Crippen molar-refractivity contribution >= 4 is 17.3 Å². The molecule has 9 heteroatoms. The molecule has 1 aliphatic rings. The summed E-state index contributed by atoms with van der Waals surface area (Å²) in [5.41, 5.74) is 0.0887. The Morgan fingerprint density at radius 2 is 1.86 bits per heavy atom. The Bertz CT molecular complexity index is 913. The molecule has 1 N–H and O–H groups in total. The fourth-order valence-electron chi connectivity index (χ4n) is 3.42. The van der Waals surface area contributed by atoms with E-state index in [1.165, 1.54) is 26.4 Å². The van der Waals surface area contributed by atoms with Crippen LogP contribution >= 0.6 is 0 Å². The van der Waals surface area contributed by atoms with Crippen molar-refractivity contribution in [3.8, 4) is 11.5 Å². The van der Waals surface area contributed by atoms with Crippen LogP contribution in [0, 0.1) is 15.9 Å². The summed E-state index contributed by atoms with van der Waals surface area (Å²) in [6.07, 6.45) is 1.18. The van der Waals surface area contributed by atoms with E-state index in [1.54, 1.807) is 23.1 Å². The van der Waals surface area contributed by atoms with Crippen molar-refractivity contribution in [2.75, 3.05) is 32.6 Å². The smallest absolute Gasteiger partial charge is 0.327 e. The molecule has 1 saturated heterocycles. The number of amides is 1. The highest BCUT2D eigenvalue weighted by Crippen LogP contribution is 2.30. The molecule has 0 atom stereocenters. The Balaban J connectivity index is 1.65. The van der Waals surface area contributed by atoms with Crippen LogP contribution in [0.1, 0.15) is 23.2 Å². The van der Waals surface area contributed by atoms with Gasteiger partial charge >= 0.3 is 5.69 Å². The number of ether oxygens (including phenoxy) is 2. The van der Waals surface area contributed by atoms with Crippen LogP contribution in [0.25, 0.3) is 0 Å². The van der Waals surface area contributed by atoms with Crippen LogP contribution in [0.15, 0.2) is 36.4 Å². The minimum atomic E-state index is -0.874. The zero-order chi connectivity index (χ0) is 21.0. The van der Waals surface area contributed by atoms with Gasteiger partial charge in [-0.2, -0.15) is 4.39 Å². The third kappa shape index (κ3) is 4.39. The monoisotopic (exact) mass is 403 g/mol. The minimum absolute atomic E-state index is 0.0926. The van der Waals surface area contributed by atoms with Crippen LogP contribution in [0.5, 0.6) is 11.5 Å². The molecule has 1 amide bonds. The molecule has 0 radical (unpaired) electrons. The highest BCUT2D eigenvalue weighted by molar-refractivity contribution is 5.95. The molecule has 29 heavy (non-hydrogen) atoms. The molecule has 0 spiro atoms. The van der Waals surface area contributed by atoms with E-state index in [-0.39, 0.29) is 17.6 Å². The molecular weight excluding hydrogens is 381 g/mol. The lowest BCUT2D eigenvalue weighted by molar-refractivity contribution is -0.386. The summed E-state index contributed by atoms with van der Waals surface area (Å²) < 4.78 is 24.2. The van der Waals surface area contributed by atoms with Crippen LogP contribution in [-0.2, 0) is 0 Å². The quantitative estimate of drug-likeness (QED) is 0.586. The zero-order valence-electron chi connectivity index (χ0n) is 16.2. The zero-order valence-corrected chi connectivity index (χ0v) is 16.2. The van der Waals surface area contributed by atoms with Crippen LogP contribution in [0.2, 0.25) is 0 Å². The number of carbonyl (C=O) groups excluding carboxylic acids is 1. The lowest BCUT2D eigenvalue weighted by atomic mass is 10.0. The molecule has 0 aromatic heterocycles. The van der Waals surface area contributed by atoms with Crippen molar-refractivity contribution in [3.63, 3.8) is 0 Å². The maximum Gasteiger partial charge on any atom is 0.327 e. The summed E-state index contributed by atoms with van der Waals surface area (Å²) in [5, 5.41) is 14.2. The number of likely N-dealkylation sites (tertiary alicyclic amines) is 1. The Morgan fingerprint density at radius 3 is 2.48 bits per heavy atom. The minimum Gasteiger partial charge on any atom is -0.493 e. The Kier molecular flexibility index (Phi) is 6.16. The number of nitrogens with one attached hydrogen (secondary N) is 1. The topological polar surface area (TPSA) is 93.9 Å². The molecule has 154 valence electrons. The van der Waals surface area contributed by atoms with Gasteiger partial charge in [-0.1, -0.05) is 6.07 Å². The Labute approximate surface area is 167 Å². The summed E-state index contributed by atoms with van der Waals surface area (Å²) in [4.78, 5) is 24.9. The lowest BCUT2D eigenvalue weighted by Crippen LogP contribution is -2.42. The molecule has 8 nitrogen and oxygen atoms in total. The number of piperidine rings is 1. The van der Waals surface area contributed by atoms with Gasteiger partial charge in [0.2, 0.25) is 5.82 Å². The van der Waals surface area contributed by atoms with Crippen molar-refractivity contribution in [1.82, 2.24) is 4.90 Å². The summed E-state index contributed by atoms with van der Waals surface area (Å²) in [7, 11) is 3.04. The third-order valence-corrected chi connectivity index (χ3v) is 4.94.